The third kappa shape index (κ3) is 7.73. The zero-order valence-electron chi connectivity index (χ0n) is 22.6. The third-order valence-electron chi connectivity index (χ3n) is 6.34. The lowest BCUT2D eigenvalue weighted by molar-refractivity contribution is -0.139. The van der Waals surface area contributed by atoms with E-state index in [9.17, 15) is 22.4 Å². The number of halogens is 2. The maximum Gasteiger partial charge on any atom is 0.264 e. The molecule has 3 aromatic carbocycles. The largest absolute Gasteiger partial charge is 0.497 e. The van der Waals surface area contributed by atoms with Crippen molar-refractivity contribution in [2.24, 2.45) is 0 Å². The summed E-state index contributed by atoms with van der Waals surface area (Å²) < 4.78 is 47.3. The Hall–Kier alpha value is -3.63. The van der Waals surface area contributed by atoms with Crippen molar-refractivity contribution < 1.29 is 27.1 Å². The smallest absolute Gasteiger partial charge is 0.264 e. The van der Waals surface area contributed by atoms with Crippen LogP contribution in [0.3, 0.4) is 0 Å². The first kappa shape index (κ1) is 30.9. The minimum atomic E-state index is -4.28. The summed E-state index contributed by atoms with van der Waals surface area (Å²) in [5.41, 5.74) is 0.681. The van der Waals surface area contributed by atoms with Gasteiger partial charge in [-0.15, -0.1) is 0 Å². The van der Waals surface area contributed by atoms with E-state index in [4.69, 9.17) is 16.3 Å². The second kappa shape index (κ2) is 14.1. The van der Waals surface area contributed by atoms with Crippen molar-refractivity contribution in [2.45, 2.75) is 44.2 Å². The van der Waals surface area contributed by atoms with E-state index >= 15 is 0 Å². The molecule has 0 bridgehead atoms. The number of rotatable bonds is 13. The van der Waals surface area contributed by atoms with E-state index in [1.54, 1.807) is 31.2 Å². The van der Waals surface area contributed by atoms with Crippen molar-refractivity contribution in [1.82, 2.24) is 10.2 Å². The summed E-state index contributed by atoms with van der Waals surface area (Å²) in [7, 11) is -2.83. The molecule has 0 radical (unpaired) electrons. The van der Waals surface area contributed by atoms with Crippen LogP contribution < -0.4 is 14.4 Å². The molecule has 0 heterocycles. The summed E-state index contributed by atoms with van der Waals surface area (Å²) in [5.74, 6) is -1.12. The van der Waals surface area contributed by atoms with E-state index in [0.29, 0.717) is 22.9 Å². The van der Waals surface area contributed by atoms with Crippen LogP contribution in [-0.4, -0.2) is 51.4 Å². The molecule has 0 aliphatic carbocycles. The van der Waals surface area contributed by atoms with Crippen LogP contribution in [0.1, 0.15) is 32.3 Å². The van der Waals surface area contributed by atoms with Crippen LogP contribution in [0, 0.1) is 5.82 Å². The monoisotopic (exact) mass is 589 g/mol. The van der Waals surface area contributed by atoms with E-state index in [1.807, 2.05) is 6.92 Å². The van der Waals surface area contributed by atoms with Gasteiger partial charge in [-0.3, -0.25) is 13.9 Å². The molecule has 3 rings (SSSR count). The summed E-state index contributed by atoms with van der Waals surface area (Å²) in [6.07, 6.45) is 1.65. The summed E-state index contributed by atoms with van der Waals surface area (Å²) in [6, 6.07) is 16.5. The van der Waals surface area contributed by atoms with Gasteiger partial charge in [0.1, 0.15) is 24.2 Å². The highest BCUT2D eigenvalue weighted by Gasteiger charge is 2.32. The van der Waals surface area contributed by atoms with Crippen LogP contribution in [-0.2, 0) is 26.2 Å². The van der Waals surface area contributed by atoms with Crippen LogP contribution in [0.2, 0.25) is 5.02 Å². The maximum atomic E-state index is 13.9. The second-order valence-corrected chi connectivity index (χ2v) is 11.4. The molecular weight excluding hydrogens is 557 g/mol. The van der Waals surface area contributed by atoms with Crippen molar-refractivity contribution in [3.05, 3.63) is 89.2 Å². The predicted octanol–water partition coefficient (Wildman–Crippen LogP) is 5.02. The van der Waals surface area contributed by atoms with Crippen molar-refractivity contribution in [3.8, 4) is 5.75 Å². The Morgan fingerprint density at radius 1 is 1.02 bits per heavy atom. The Labute approximate surface area is 239 Å². The predicted molar refractivity (Wildman–Crippen MR) is 153 cm³/mol. The molecule has 0 aliphatic rings. The number of nitrogens with zero attached hydrogens (tertiary/aromatic N) is 2. The van der Waals surface area contributed by atoms with Gasteiger partial charge in [0.2, 0.25) is 11.8 Å². The van der Waals surface area contributed by atoms with E-state index in [-0.39, 0.29) is 23.0 Å². The van der Waals surface area contributed by atoms with E-state index in [1.165, 1.54) is 48.4 Å². The van der Waals surface area contributed by atoms with Gasteiger partial charge in [-0.1, -0.05) is 43.1 Å². The highest BCUT2D eigenvalue weighted by molar-refractivity contribution is 7.92. The number of ether oxygens (including phenoxy) is 1. The van der Waals surface area contributed by atoms with Gasteiger partial charge in [-0.2, -0.15) is 0 Å². The number of hydrogen-bond acceptors (Lipinski definition) is 5. The molecule has 1 N–H and O–H groups in total. The molecule has 3 aromatic rings. The number of sulfonamides is 1. The van der Waals surface area contributed by atoms with Gasteiger partial charge >= 0.3 is 0 Å². The number of hydrogen-bond donors (Lipinski definition) is 1. The fourth-order valence-corrected chi connectivity index (χ4v) is 5.55. The summed E-state index contributed by atoms with van der Waals surface area (Å²) in [6.45, 7) is 3.35. The topological polar surface area (TPSA) is 96.0 Å². The van der Waals surface area contributed by atoms with E-state index in [0.717, 1.165) is 29.3 Å². The Kier molecular flexibility index (Phi) is 10.9. The first-order chi connectivity index (χ1) is 19.1. The van der Waals surface area contributed by atoms with Crippen molar-refractivity contribution in [3.63, 3.8) is 0 Å². The van der Waals surface area contributed by atoms with Crippen LogP contribution >= 0.6 is 11.6 Å². The average Bonchev–Trinajstić information content (AvgIpc) is 2.95. The lowest BCUT2D eigenvalue weighted by Gasteiger charge is -2.32. The number of nitrogens with one attached hydrogen (secondary N) is 1. The summed E-state index contributed by atoms with van der Waals surface area (Å²) in [5, 5.41) is 3.23. The highest BCUT2D eigenvalue weighted by Crippen LogP contribution is 2.26. The Morgan fingerprint density at radius 3 is 2.27 bits per heavy atom. The van der Waals surface area contributed by atoms with Gasteiger partial charge in [0, 0.05) is 18.1 Å². The molecule has 214 valence electrons. The summed E-state index contributed by atoms with van der Waals surface area (Å²) in [4.78, 5) is 28.1. The van der Waals surface area contributed by atoms with Gasteiger partial charge < -0.3 is 15.0 Å². The standard InChI is InChI=1S/C29H33ClFN3O5S/c1-4-5-18-32-29(36)21(2)33(19-22-8-6-7-9-27(22)30)28(35)20-34(24-12-10-23(31)11-13-24)40(37,38)26-16-14-25(39-3)15-17-26/h6-17,21H,4-5,18-20H2,1-3H3,(H,32,36). The molecular formula is C29H33ClFN3O5S. The third-order valence-corrected chi connectivity index (χ3v) is 8.49. The number of carbonyl (C=O) groups excluding carboxylic acids is 2. The average molecular weight is 590 g/mol. The van der Waals surface area contributed by atoms with Crippen LogP contribution in [0.25, 0.3) is 0 Å². The molecule has 0 saturated carbocycles. The zero-order valence-corrected chi connectivity index (χ0v) is 24.2. The molecule has 11 heteroatoms. The Bertz CT molecular complexity index is 1400. The Morgan fingerprint density at radius 2 is 1.68 bits per heavy atom. The van der Waals surface area contributed by atoms with Crippen LogP contribution in [0.5, 0.6) is 5.75 Å². The van der Waals surface area contributed by atoms with Gasteiger partial charge in [0.15, 0.2) is 0 Å². The minimum Gasteiger partial charge on any atom is -0.497 e. The molecule has 1 unspecified atom stereocenters. The molecule has 0 saturated heterocycles. The second-order valence-electron chi connectivity index (χ2n) is 9.10. The zero-order chi connectivity index (χ0) is 29.3. The molecule has 8 nitrogen and oxygen atoms in total. The fourth-order valence-electron chi connectivity index (χ4n) is 3.94. The van der Waals surface area contributed by atoms with E-state index < -0.39 is 34.3 Å². The quantitative estimate of drug-likeness (QED) is 0.283. The molecule has 0 spiro atoms. The number of carbonyl (C=O) groups is 2. The lowest BCUT2D eigenvalue weighted by atomic mass is 10.1. The molecule has 1 atom stereocenters. The number of anilines is 1. The van der Waals surface area contributed by atoms with Gasteiger partial charge in [0.25, 0.3) is 10.0 Å². The number of methoxy groups -OCH3 is 1. The van der Waals surface area contributed by atoms with Crippen LogP contribution in [0.4, 0.5) is 10.1 Å². The van der Waals surface area contributed by atoms with Gasteiger partial charge in [-0.05, 0) is 73.5 Å². The molecule has 0 fully saturated rings. The van der Waals surface area contributed by atoms with Gasteiger partial charge in [-0.25, -0.2) is 12.8 Å². The Balaban J connectivity index is 2.00. The SMILES string of the molecule is CCCCNC(=O)C(C)N(Cc1ccccc1Cl)C(=O)CN(c1ccc(F)cc1)S(=O)(=O)c1ccc(OC)cc1. The maximum absolute atomic E-state index is 13.9. The van der Waals surface area contributed by atoms with Gasteiger partial charge in [0.05, 0.1) is 17.7 Å². The lowest BCUT2D eigenvalue weighted by Crippen LogP contribution is -2.51. The molecule has 0 aliphatic heterocycles. The highest BCUT2D eigenvalue weighted by atomic mass is 35.5. The van der Waals surface area contributed by atoms with Crippen molar-refractivity contribution in [2.75, 3.05) is 24.5 Å². The molecule has 40 heavy (non-hydrogen) atoms. The summed E-state index contributed by atoms with van der Waals surface area (Å²) >= 11 is 6.36. The number of benzene rings is 3. The fraction of sp³-hybridized carbons (Fsp3) is 0.310. The van der Waals surface area contributed by atoms with Crippen molar-refractivity contribution >= 4 is 39.1 Å². The molecule has 2 amide bonds. The first-order valence-electron chi connectivity index (χ1n) is 12.8. The van der Waals surface area contributed by atoms with Crippen molar-refractivity contribution in [1.29, 1.82) is 0 Å². The number of amides is 2. The molecule has 0 aromatic heterocycles. The van der Waals surface area contributed by atoms with E-state index in [2.05, 4.69) is 5.32 Å². The number of unbranched alkanes of at least 4 members (excludes halogenated alkanes) is 1. The normalized spacial score (nSPS) is 11.9. The first-order valence-corrected chi connectivity index (χ1v) is 14.6. The van der Waals surface area contributed by atoms with Crippen LogP contribution in [0.15, 0.2) is 77.7 Å². The minimum absolute atomic E-state index is 0.0271.